The molecule has 1 atom stereocenters. The zero-order valence-corrected chi connectivity index (χ0v) is 37.3. The molecule has 0 spiro atoms. The molecule has 11 rings (SSSR count). The molecule has 0 saturated carbocycles. The van der Waals surface area contributed by atoms with Crippen molar-refractivity contribution in [3.8, 4) is 16.8 Å². The summed E-state index contributed by atoms with van der Waals surface area (Å²) < 4.78 is 2.47. The molecule has 0 bridgehead atoms. The highest BCUT2D eigenvalue weighted by Crippen LogP contribution is 2.56. The van der Waals surface area contributed by atoms with Crippen molar-refractivity contribution < 1.29 is 0 Å². The van der Waals surface area contributed by atoms with E-state index in [0.717, 1.165) is 17.8 Å². The quantitative estimate of drug-likeness (QED) is 0.136. The molecule has 9 aromatic rings. The van der Waals surface area contributed by atoms with Crippen molar-refractivity contribution in [3.63, 3.8) is 0 Å². The number of nitrogens with one attached hydrogen (secondary N) is 1. The van der Waals surface area contributed by atoms with Crippen LogP contribution >= 0.6 is 0 Å². The molecule has 314 valence electrons. The van der Waals surface area contributed by atoms with Gasteiger partial charge in [0, 0.05) is 34.1 Å². The second kappa shape index (κ2) is 16.5. The molecule has 1 aromatic heterocycles. The minimum Gasteiger partial charge on any atom is -0.382 e. The number of hydrogen-bond donors (Lipinski definition) is 1. The molecular weight excluding hydrogens is 785 g/mol. The van der Waals surface area contributed by atoms with Gasteiger partial charge >= 0.3 is 0 Å². The Morgan fingerprint density at radius 3 is 1.97 bits per heavy atom. The normalized spacial score (nSPS) is 16.6. The zero-order valence-electron chi connectivity index (χ0n) is 37.3. The van der Waals surface area contributed by atoms with Gasteiger partial charge in [0.25, 0.3) is 0 Å². The fourth-order valence-corrected chi connectivity index (χ4v) is 10.8. The number of nitrogens with zero attached hydrogens (tertiary/aromatic N) is 1. The molecule has 2 nitrogen and oxygen atoms in total. The summed E-state index contributed by atoms with van der Waals surface area (Å²) in [5, 5.41) is 6.19. The lowest BCUT2D eigenvalue weighted by atomic mass is 9.67. The van der Waals surface area contributed by atoms with Crippen LogP contribution in [0.2, 0.25) is 0 Å². The number of para-hydroxylation sites is 1. The van der Waals surface area contributed by atoms with Gasteiger partial charge in [0.15, 0.2) is 0 Å². The molecule has 2 aliphatic rings. The van der Waals surface area contributed by atoms with Crippen molar-refractivity contribution in [2.75, 3.05) is 11.9 Å². The van der Waals surface area contributed by atoms with E-state index >= 15 is 0 Å². The molecule has 2 aliphatic carbocycles. The summed E-state index contributed by atoms with van der Waals surface area (Å²) in [7, 11) is 0. The van der Waals surface area contributed by atoms with Crippen LogP contribution in [0.25, 0.3) is 49.8 Å². The third-order valence-corrected chi connectivity index (χ3v) is 13.9. The number of fused-ring (bicyclic) bond motifs is 6. The molecule has 2 heteroatoms. The molecule has 0 aliphatic heterocycles. The van der Waals surface area contributed by atoms with Gasteiger partial charge in [0.05, 0.1) is 16.4 Å². The summed E-state index contributed by atoms with van der Waals surface area (Å²) in [4.78, 5) is 0. The van der Waals surface area contributed by atoms with Crippen LogP contribution in [0.3, 0.4) is 0 Å². The van der Waals surface area contributed by atoms with E-state index in [9.17, 15) is 0 Å². The molecule has 0 radical (unpaired) electrons. The zero-order chi connectivity index (χ0) is 44.0. The summed E-state index contributed by atoms with van der Waals surface area (Å²) >= 11 is 0. The molecule has 1 N–H and O–H groups in total. The van der Waals surface area contributed by atoms with Crippen molar-refractivity contribution in [1.82, 2.24) is 4.57 Å². The van der Waals surface area contributed by atoms with E-state index in [-0.39, 0.29) is 5.41 Å². The first kappa shape index (κ1) is 40.1. The van der Waals surface area contributed by atoms with E-state index in [1.165, 1.54) is 88.6 Å². The average molecular weight is 837 g/mol. The van der Waals surface area contributed by atoms with Crippen molar-refractivity contribution in [3.05, 3.63) is 275 Å². The van der Waals surface area contributed by atoms with Crippen LogP contribution in [-0.2, 0) is 10.8 Å². The second-order valence-corrected chi connectivity index (χ2v) is 18.1. The molecule has 65 heavy (non-hydrogen) atoms. The minimum atomic E-state index is -0.475. The standard InChI is InChI=1S/C63H52N2/c1-44-18-17-38-62(3,43-44)49-30-32-52(33-31-49)64-39-37-48(40-45(2)46-19-7-4-8-20-46)47-29-36-61-57(41-47)56-26-14-16-28-60(56)65(61)53-34-35-55-54-25-13-15-27-58(54)63(59(55)42-53,50-21-9-5-10-22-50)51-23-11-6-12-24-51/h4-37,40-43,64H,38-39H2,1-3H3/b45-40+,48-37+. The summed E-state index contributed by atoms with van der Waals surface area (Å²) in [5.74, 6) is 0. The molecule has 8 aromatic carbocycles. The van der Waals surface area contributed by atoms with Crippen LogP contribution in [-0.4, -0.2) is 11.1 Å². The van der Waals surface area contributed by atoms with E-state index in [2.05, 4.69) is 261 Å². The van der Waals surface area contributed by atoms with E-state index < -0.39 is 5.41 Å². The largest absolute Gasteiger partial charge is 0.382 e. The second-order valence-electron chi connectivity index (χ2n) is 18.1. The maximum atomic E-state index is 3.72. The smallest absolute Gasteiger partial charge is 0.0714 e. The number of aromatic nitrogens is 1. The molecule has 0 saturated heterocycles. The predicted octanol–water partition coefficient (Wildman–Crippen LogP) is 15.9. The molecule has 1 unspecified atom stereocenters. The van der Waals surface area contributed by atoms with Gasteiger partial charge in [0.2, 0.25) is 0 Å². The van der Waals surface area contributed by atoms with Crippen LogP contribution in [0.1, 0.15) is 66.1 Å². The van der Waals surface area contributed by atoms with Gasteiger partial charge in [-0.25, -0.2) is 0 Å². The number of benzene rings is 8. The highest BCUT2D eigenvalue weighted by atomic mass is 15.0. The highest BCUT2D eigenvalue weighted by Gasteiger charge is 2.46. The van der Waals surface area contributed by atoms with Crippen LogP contribution < -0.4 is 5.32 Å². The molecule has 0 amide bonds. The molecule has 0 fully saturated rings. The Morgan fingerprint density at radius 2 is 1.23 bits per heavy atom. The van der Waals surface area contributed by atoms with Gasteiger partial charge in [-0.2, -0.15) is 0 Å². The summed E-state index contributed by atoms with van der Waals surface area (Å²) in [6.45, 7) is 7.43. The first-order valence-corrected chi connectivity index (χ1v) is 22.9. The summed E-state index contributed by atoms with van der Waals surface area (Å²) in [5.41, 5.74) is 19.4. The van der Waals surface area contributed by atoms with Gasteiger partial charge in [0.1, 0.15) is 0 Å². The number of rotatable bonds is 10. The average Bonchev–Trinajstić information content (AvgIpc) is 3.84. The highest BCUT2D eigenvalue weighted by molar-refractivity contribution is 6.10. The fraction of sp³-hybridized carbons (Fsp3) is 0.111. The van der Waals surface area contributed by atoms with Crippen molar-refractivity contribution in [2.45, 2.75) is 38.0 Å². The Bertz CT molecular complexity index is 3310. The first-order chi connectivity index (χ1) is 31.9. The number of allylic oxidation sites excluding steroid dienone is 7. The fourth-order valence-electron chi connectivity index (χ4n) is 10.8. The van der Waals surface area contributed by atoms with E-state index in [1.54, 1.807) is 0 Å². The maximum absolute atomic E-state index is 3.72. The van der Waals surface area contributed by atoms with Crippen LogP contribution in [0, 0.1) is 0 Å². The van der Waals surface area contributed by atoms with Gasteiger partial charge in [-0.1, -0.05) is 201 Å². The third kappa shape index (κ3) is 6.98. The monoisotopic (exact) mass is 836 g/mol. The maximum Gasteiger partial charge on any atom is 0.0714 e. The lowest BCUT2D eigenvalue weighted by molar-refractivity contribution is 0.595. The lowest BCUT2D eigenvalue weighted by Gasteiger charge is -2.34. The lowest BCUT2D eigenvalue weighted by Crippen LogP contribution is -2.28. The van der Waals surface area contributed by atoms with Gasteiger partial charge < -0.3 is 9.88 Å². The Morgan fingerprint density at radius 1 is 0.585 bits per heavy atom. The van der Waals surface area contributed by atoms with Crippen molar-refractivity contribution in [1.29, 1.82) is 0 Å². The Labute approximate surface area is 383 Å². The van der Waals surface area contributed by atoms with Crippen LogP contribution in [0.15, 0.2) is 236 Å². The van der Waals surface area contributed by atoms with E-state index in [4.69, 9.17) is 0 Å². The Kier molecular flexibility index (Phi) is 10.2. The van der Waals surface area contributed by atoms with Crippen LogP contribution in [0.4, 0.5) is 5.69 Å². The predicted molar refractivity (Wildman–Crippen MR) is 276 cm³/mol. The molecular formula is C63H52N2. The minimum absolute atomic E-state index is 0.0211. The van der Waals surface area contributed by atoms with E-state index in [1.807, 2.05) is 0 Å². The van der Waals surface area contributed by atoms with E-state index in [0.29, 0.717) is 6.54 Å². The topological polar surface area (TPSA) is 17.0 Å². The van der Waals surface area contributed by atoms with Gasteiger partial charge in [-0.3, -0.25) is 0 Å². The Hall–Kier alpha value is -7.68. The Balaban J connectivity index is 1.02. The number of anilines is 1. The summed E-state index contributed by atoms with van der Waals surface area (Å²) in [6, 6.07) is 73.9. The summed E-state index contributed by atoms with van der Waals surface area (Å²) in [6.07, 6.45) is 12.6. The SMILES string of the molecule is CC1=CC(C)(c2ccc(NC/C=C(\C=C(/C)c3ccccc3)c3ccc4c(c3)c3ccccc3n4-c3ccc4c(c3)C(c3ccccc3)(c3ccccc3)c3ccccc3-4)cc2)CC=C1. The first-order valence-electron chi connectivity index (χ1n) is 22.9. The molecule has 1 heterocycles. The third-order valence-electron chi connectivity index (χ3n) is 13.9. The van der Waals surface area contributed by atoms with Gasteiger partial charge in [-0.05, 0) is 124 Å². The van der Waals surface area contributed by atoms with Crippen LogP contribution in [0.5, 0.6) is 0 Å². The van der Waals surface area contributed by atoms with Gasteiger partial charge in [-0.15, -0.1) is 0 Å². The van der Waals surface area contributed by atoms with Crippen molar-refractivity contribution >= 4 is 38.6 Å². The number of hydrogen-bond acceptors (Lipinski definition) is 1. The van der Waals surface area contributed by atoms with Crippen molar-refractivity contribution in [2.24, 2.45) is 0 Å².